The summed E-state index contributed by atoms with van der Waals surface area (Å²) in [5, 5.41) is 9.48. The maximum atomic E-state index is 13.2. The molecular weight excluding hydrogens is 354 g/mol. The zero-order valence-electron chi connectivity index (χ0n) is 9.20. The van der Waals surface area contributed by atoms with E-state index in [0.717, 1.165) is 0 Å². The molecule has 2 N–H and O–H groups in total. The molecular formula is C11H8FIN2O3. The summed E-state index contributed by atoms with van der Waals surface area (Å²) >= 11 is 1.68. The molecule has 1 heterocycles. The minimum atomic E-state index is -0.515. The Morgan fingerprint density at radius 2 is 2.22 bits per heavy atom. The second kappa shape index (κ2) is 4.92. The van der Waals surface area contributed by atoms with Crippen molar-refractivity contribution in [2.75, 3.05) is 7.11 Å². The molecule has 1 aromatic carbocycles. The maximum absolute atomic E-state index is 13.2. The molecule has 0 amide bonds. The fourth-order valence-corrected chi connectivity index (χ4v) is 1.65. The van der Waals surface area contributed by atoms with Crippen LogP contribution in [-0.4, -0.2) is 22.2 Å². The molecule has 2 aromatic rings. The molecule has 1 aromatic heterocycles. The summed E-state index contributed by atoms with van der Waals surface area (Å²) in [4.78, 5) is 17.8. The van der Waals surface area contributed by atoms with E-state index in [1.807, 2.05) is 0 Å². The van der Waals surface area contributed by atoms with Crippen LogP contribution < -0.4 is 10.3 Å². The number of nitrogens with zero attached hydrogens (tertiary/aromatic N) is 1. The lowest BCUT2D eigenvalue weighted by Crippen LogP contribution is -2.12. The summed E-state index contributed by atoms with van der Waals surface area (Å²) in [7, 11) is 1.34. The van der Waals surface area contributed by atoms with E-state index in [0.29, 0.717) is 5.56 Å². The molecule has 0 saturated heterocycles. The number of H-pyrrole nitrogens is 1. The van der Waals surface area contributed by atoms with Gasteiger partial charge in [-0.15, -0.1) is 0 Å². The van der Waals surface area contributed by atoms with Gasteiger partial charge in [-0.05, 0) is 40.8 Å². The Morgan fingerprint density at radius 3 is 2.83 bits per heavy atom. The van der Waals surface area contributed by atoms with Gasteiger partial charge < -0.3 is 14.8 Å². The van der Waals surface area contributed by atoms with Crippen LogP contribution in [-0.2, 0) is 0 Å². The number of aromatic nitrogens is 2. The number of nitrogens with one attached hydrogen (secondary N) is 1. The van der Waals surface area contributed by atoms with Gasteiger partial charge in [0.15, 0.2) is 11.6 Å². The monoisotopic (exact) mass is 362 g/mol. The molecule has 0 aliphatic carbocycles. The number of halogens is 2. The topological polar surface area (TPSA) is 75.2 Å². The number of ether oxygens (including phenoxy) is 1. The van der Waals surface area contributed by atoms with Crippen LogP contribution in [0, 0.1) is 9.39 Å². The fraction of sp³-hybridized carbons (Fsp3) is 0.0909. The van der Waals surface area contributed by atoms with Crippen molar-refractivity contribution >= 4 is 22.6 Å². The first-order valence-corrected chi connectivity index (χ1v) is 5.93. The Hall–Kier alpha value is -1.64. The van der Waals surface area contributed by atoms with Crippen LogP contribution in [0.2, 0.25) is 0 Å². The second-order valence-electron chi connectivity index (χ2n) is 3.40. The molecule has 2 rings (SSSR count). The van der Waals surface area contributed by atoms with E-state index in [-0.39, 0.29) is 21.0 Å². The van der Waals surface area contributed by atoms with E-state index in [1.54, 1.807) is 22.6 Å². The molecule has 5 nitrogen and oxygen atoms in total. The van der Waals surface area contributed by atoms with E-state index < -0.39 is 11.4 Å². The molecule has 0 aliphatic rings. The molecule has 0 spiro atoms. The van der Waals surface area contributed by atoms with Crippen LogP contribution in [0.4, 0.5) is 4.39 Å². The largest absolute Gasteiger partial charge is 0.494 e. The second-order valence-corrected chi connectivity index (χ2v) is 4.48. The van der Waals surface area contributed by atoms with E-state index in [9.17, 15) is 14.3 Å². The lowest BCUT2D eigenvalue weighted by molar-refractivity contribution is 0.386. The molecule has 18 heavy (non-hydrogen) atoms. The van der Waals surface area contributed by atoms with Gasteiger partial charge in [-0.25, -0.2) is 4.39 Å². The third-order valence-electron chi connectivity index (χ3n) is 2.27. The number of hydrogen-bond donors (Lipinski definition) is 2. The van der Waals surface area contributed by atoms with E-state index in [1.165, 1.54) is 25.3 Å². The highest BCUT2D eigenvalue weighted by Gasteiger charge is 2.11. The van der Waals surface area contributed by atoms with Crippen LogP contribution in [0.3, 0.4) is 0 Å². The van der Waals surface area contributed by atoms with Gasteiger partial charge in [-0.3, -0.25) is 4.79 Å². The van der Waals surface area contributed by atoms with Gasteiger partial charge in [0.1, 0.15) is 9.39 Å². The predicted molar refractivity (Wildman–Crippen MR) is 71.2 cm³/mol. The molecule has 0 aliphatic heterocycles. The summed E-state index contributed by atoms with van der Waals surface area (Å²) in [6.45, 7) is 0. The van der Waals surface area contributed by atoms with Gasteiger partial charge in [-0.2, -0.15) is 4.98 Å². The first-order valence-electron chi connectivity index (χ1n) is 4.85. The maximum Gasteiger partial charge on any atom is 0.268 e. The van der Waals surface area contributed by atoms with Gasteiger partial charge >= 0.3 is 0 Å². The number of hydrogen-bond acceptors (Lipinski definition) is 4. The van der Waals surface area contributed by atoms with Crippen molar-refractivity contribution in [2.24, 2.45) is 0 Å². The molecule has 7 heteroatoms. The average molecular weight is 362 g/mol. The van der Waals surface area contributed by atoms with E-state index in [2.05, 4.69) is 9.97 Å². The Kier molecular flexibility index (Phi) is 3.50. The van der Waals surface area contributed by atoms with Gasteiger partial charge in [0.25, 0.3) is 5.56 Å². The summed E-state index contributed by atoms with van der Waals surface area (Å²) in [6.07, 6.45) is 0. The van der Waals surface area contributed by atoms with Crippen molar-refractivity contribution in [3.63, 3.8) is 0 Å². The van der Waals surface area contributed by atoms with Crippen molar-refractivity contribution in [1.82, 2.24) is 9.97 Å². The first-order chi connectivity index (χ1) is 8.52. The lowest BCUT2D eigenvalue weighted by Gasteiger charge is -2.06. The number of methoxy groups -OCH3 is 1. The van der Waals surface area contributed by atoms with Gasteiger partial charge in [-0.1, -0.05) is 0 Å². The SMILES string of the molecule is COc1cc(-c2nc(O)c(I)c(=O)[nH]2)ccc1F. The van der Waals surface area contributed by atoms with Gasteiger partial charge in [0, 0.05) is 5.56 Å². The summed E-state index contributed by atoms with van der Waals surface area (Å²) in [6, 6.07) is 4.02. The smallest absolute Gasteiger partial charge is 0.268 e. The van der Waals surface area contributed by atoms with Crippen LogP contribution in [0.1, 0.15) is 0 Å². The molecule has 0 fully saturated rings. The third kappa shape index (κ3) is 2.30. The molecule has 94 valence electrons. The van der Waals surface area contributed by atoms with Crippen molar-refractivity contribution < 1.29 is 14.2 Å². The molecule has 0 saturated carbocycles. The predicted octanol–water partition coefficient (Wildman–Crippen LogP) is 1.89. The minimum absolute atomic E-state index is 0.0354. The van der Waals surface area contributed by atoms with Crippen molar-refractivity contribution in [3.05, 3.63) is 37.9 Å². The number of rotatable bonds is 2. The highest BCUT2D eigenvalue weighted by atomic mass is 127. The summed E-state index contributed by atoms with van der Waals surface area (Å²) in [5.74, 6) is -0.694. The third-order valence-corrected chi connectivity index (χ3v) is 3.24. The number of benzene rings is 1. The highest BCUT2D eigenvalue weighted by Crippen LogP contribution is 2.25. The normalized spacial score (nSPS) is 10.4. The standard InChI is InChI=1S/C11H8FIN2O3/c1-18-7-4-5(2-3-6(7)12)9-14-10(16)8(13)11(17)15-9/h2-4H,1H3,(H2,14,15,16,17). The zero-order valence-corrected chi connectivity index (χ0v) is 11.4. The molecule has 0 bridgehead atoms. The van der Waals surface area contributed by atoms with Crippen LogP contribution >= 0.6 is 22.6 Å². The molecule has 0 unspecified atom stereocenters. The Morgan fingerprint density at radius 1 is 1.50 bits per heavy atom. The first kappa shape index (κ1) is 12.8. The van der Waals surface area contributed by atoms with Crippen molar-refractivity contribution in [3.8, 4) is 23.0 Å². The number of aromatic hydroxyl groups is 1. The molecule has 0 radical (unpaired) electrons. The van der Waals surface area contributed by atoms with Crippen molar-refractivity contribution in [2.45, 2.75) is 0 Å². The van der Waals surface area contributed by atoms with Crippen LogP contribution in [0.15, 0.2) is 23.0 Å². The van der Waals surface area contributed by atoms with Crippen LogP contribution in [0.25, 0.3) is 11.4 Å². The highest BCUT2D eigenvalue weighted by molar-refractivity contribution is 14.1. The average Bonchev–Trinajstić information content (AvgIpc) is 2.36. The zero-order chi connectivity index (χ0) is 13.3. The Labute approximate surface area is 115 Å². The van der Waals surface area contributed by atoms with Crippen molar-refractivity contribution in [1.29, 1.82) is 0 Å². The summed E-state index contributed by atoms with van der Waals surface area (Å²) < 4.78 is 18.2. The molecule has 0 atom stereocenters. The van der Waals surface area contributed by atoms with Gasteiger partial charge in [0.05, 0.1) is 7.11 Å². The quantitative estimate of drug-likeness (QED) is 0.801. The lowest BCUT2D eigenvalue weighted by atomic mass is 10.2. The van der Waals surface area contributed by atoms with E-state index >= 15 is 0 Å². The summed E-state index contributed by atoms with van der Waals surface area (Å²) in [5.41, 5.74) is -0.0153. The Balaban J connectivity index is 2.59. The van der Waals surface area contributed by atoms with Crippen LogP contribution in [0.5, 0.6) is 11.6 Å². The fourth-order valence-electron chi connectivity index (χ4n) is 1.39. The Bertz CT molecular complexity index is 657. The van der Waals surface area contributed by atoms with E-state index in [4.69, 9.17) is 4.74 Å². The minimum Gasteiger partial charge on any atom is -0.494 e. The number of aromatic amines is 1. The van der Waals surface area contributed by atoms with Gasteiger partial charge in [0.2, 0.25) is 5.88 Å².